The highest BCUT2D eigenvalue weighted by molar-refractivity contribution is 5.89. The predicted octanol–water partition coefficient (Wildman–Crippen LogP) is 1.97. The van der Waals surface area contributed by atoms with Crippen LogP contribution >= 0.6 is 0 Å². The van der Waals surface area contributed by atoms with Crippen molar-refractivity contribution >= 4 is 5.97 Å². The van der Waals surface area contributed by atoms with Gasteiger partial charge < -0.3 is 10.2 Å². The summed E-state index contributed by atoms with van der Waals surface area (Å²) in [6, 6.07) is 2.83. The fourth-order valence-electron chi connectivity index (χ4n) is 1.81. The van der Waals surface area contributed by atoms with Crippen molar-refractivity contribution in [2.24, 2.45) is 0 Å². The number of aromatic hydroxyl groups is 1. The zero-order chi connectivity index (χ0) is 14.2. The summed E-state index contributed by atoms with van der Waals surface area (Å²) in [4.78, 5) is 12.4. The quantitative estimate of drug-likeness (QED) is 0.862. The van der Waals surface area contributed by atoms with Crippen LogP contribution in [0.25, 0.3) is 5.69 Å². The second-order valence-electron chi connectivity index (χ2n) is 5.27. The van der Waals surface area contributed by atoms with E-state index >= 15 is 0 Å². The van der Waals surface area contributed by atoms with E-state index in [1.165, 1.54) is 29.3 Å². The highest BCUT2D eigenvalue weighted by Crippen LogP contribution is 2.35. The van der Waals surface area contributed by atoms with Gasteiger partial charge in [-0.25, -0.2) is 4.79 Å². The van der Waals surface area contributed by atoms with Gasteiger partial charge in [0.05, 0.1) is 18.0 Å². The molecule has 0 radical (unpaired) electrons. The van der Waals surface area contributed by atoms with Crippen molar-refractivity contribution in [2.75, 3.05) is 0 Å². The number of benzene rings is 1. The number of aromatic carboxylic acids is 1. The van der Waals surface area contributed by atoms with Crippen molar-refractivity contribution in [1.82, 2.24) is 15.0 Å². The number of aromatic nitrogens is 3. The fraction of sp³-hybridized carbons (Fsp3) is 0.308. The van der Waals surface area contributed by atoms with E-state index in [0.717, 1.165) is 0 Å². The van der Waals surface area contributed by atoms with Gasteiger partial charge in [-0.05, 0) is 17.5 Å². The Balaban J connectivity index is 2.73. The topological polar surface area (TPSA) is 88.2 Å². The number of phenolic OH excluding ortho intramolecular Hbond substituents is 1. The van der Waals surface area contributed by atoms with Gasteiger partial charge in [-0.2, -0.15) is 10.2 Å². The second kappa shape index (κ2) is 4.38. The maximum atomic E-state index is 11.2. The Morgan fingerprint density at radius 3 is 2.26 bits per heavy atom. The summed E-state index contributed by atoms with van der Waals surface area (Å²) in [7, 11) is 0. The van der Waals surface area contributed by atoms with Gasteiger partial charge in [0.1, 0.15) is 11.4 Å². The molecule has 0 fully saturated rings. The lowest BCUT2D eigenvalue weighted by Gasteiger charge is -2.22. The molecular formula is C13H15N3O3. The molecule has 1 heterocycles. The highest BCUT2D eigenvalue weighted by Gasteiger charge is 2.24. The molecule has 100 valence electrons. The van der Waals surface area contributed by atoms with Crippen molar-refractivity contribution in [3.63, 3.8) is 0 Å². The fourth-order valence-corrected chi connectivity index (χ4v) is 1.81. The smallest absolute Gasteiger partial charge is 0.335 e. The van der Waals surface area contributed by atoms with E-state index in [1.54, 1.807) is 0 Å². The molecule has 0 spiro atoms. The molecule has 19 heavy (non-hydrogen) atoms. The van der Waals surface area contributed by atoms with Crippen molar-refractivity contribution < 1.29 is 15.0 Å². The molecule has 0 amide bonds. The molecule has 2 rings (SSSR count). The average Bonchev–Trinajstić information content (AvgIpc) is 2.80. The summed E-state index contributed by atoms with van der Waals surface area (Å²) >= 11 is 0. The number of nitrogens with zero attached hydrogens (tertiary/aromatic N) is 3. The molecule has 0 aliphatic carbocycles. The Labute approximate surface area is 110 Å². The van der Waals surface area contributed by atoms with E-state index in [0.29, 0.717) is 5.56 Å². The molecule has 6 nitrogen and oxygen atoms in total. The lowest BCUT2D eigenvalue weighted by atomic mass is 9.85. The minimum Gasteiger partial charge on any atom is -0.505 e. The number of hydrogen-bond donors (Lipinski definition) is 2. The molecule has 0 saturated heterocycles. The summed E-state index contributed by atoms with van der Waals surface area (Å²) in [6.45, 7) is 5.69. The van der Waals surface area contributed by atoms with Crippen LogP contribution in [-0.4, -0.2) is 31.2 Å². The first-order chi connectivity index (χ1) is 8.80. The van der Waals surface area contributed by atoms with Gasteiger partial charge in [0, 0.05) is 5.56 Å². The van der Waals surface area contributed by atoms with E-state index in [-0.39, 0.29) is 17.0 Å². The standard InChI is InChI=1S/C13H15N3O3/c1-13(2,3)9-6-8(12(18)19)7-10(11(9)17)16-14-4-5-15-16/h4-7,17H,1-3H3,(H,18,19). The molecule has 2 N–H and O–H groups in total. The lowest BCUT2D eigenvalue weighted by Crippen LogP contribution is -2.15. The molecule has 0 unspecified atom stereocenters. The first kappa shape index (κ1) is 13.1. The number of rotatable bonds is 2. The third-order valence-electron chi connectivity index (χ3n) is 2.78. The molecule has 2 aromatic rings. The molecule has 0 bridgehead atoms. The normalized spacial score (nSPS) is 11.5. The Bertz CT molecular complexity index is 613. The third kappa shape index (κ3) is 2.42. The molecular weight excluding hydrogens is 246 g/mol. The summed E-state index contributed by atoms with van der Waals surface area (Å²) in [6.07, 6.45) is 2.92. The van der Waals surface area contributed by atoms with Gasteiger partial charge in [-0.3, -0.25) is 0 Å². The largest absolute Gasteiger partial charge is 0.505 e. The predicted molar refractivity (Wildman–Crippen MR) is 68.7 cm³/mol. The van der Waals surface area contributed by atoms with Crippen LogP contribution in [0.3, 0.4) is 0 Å². The first-order valence-corrected chi connectivity index (χ1v) is 5.78. The van der Waals surface area contributed by atoms with Crippen LogP contribution in [0, 0.1) is 0 Å². The molecule has 1 aromatic heterocycles. The first-order valence-electron chi connectivity index (χ1n) is 5.78. The van der Waals surface area contributed by atoms with Crippen molar-refractivity contribution in [3.8, 4) is 11.4 Å². The van der Waals surface area contributed by atoms with Crippen LogP contribution in [0.2, 0.25) is 0 Å². The zero-order valence-corrected chi connectivity index (χ0v) is 11.0. The number of phenols is 1. The summed E-state index contributed by atoms with van der Waals surface area (Å²) < 4.78 is 0. The Kier molecular flexibility index (Phi) is 3.01. The van der Waals surface area contributed by atoms with Gasteiger partial charge in [0.2, 0.25) is 0 Å². The molecule has 6 heteroatoms. The van der Waals surface area contributed by atoms with Crippen LogP contribution in [0.15, 0.2) is 24.5 Å². The van der Waals surface area contributed by atoms with Gasteiger partial charge in [0.25, 0.3) is 0 Å². The van der Waals surface area contributed by atoms with Crippen molar-refractivity contribution in [3.05, 3.63) is 35.7 Å². The van der Waals surface area contributed by atoms with Crippen LogP contribution in [0.1, 0.15) is 36.7 Å². The van der Waals surface area contributed by atoms with Crippen LogP contribution in [0.4, 0.5) is 0 Å². The molecule has 0 aliphatic heterocycles. The monoisotopic (exact) mass is 261 g/mol. The van der Waals surface area contributed by atoms with Crippen molar-refractivity contribution in [1.29, 1.82) is 0 Å². The third-order valence-corrected chi connectivity index (χ3v) is 2.78. The number of carboxylic acid groups (broad SMARTS) is 1. The van der Waals surface area contributed by atoms with E-state index < -0.39 is 11.4 Å². The zero-order valence-electron chi connectivity index (χ0n) is 11.0. The Hall–Kier alpha value is -2.37. The van der Waals surface area contributed by atoms with E-state index in [9.17, 15) is 9.90 Å². The molecule has 0 atom stereocenters. The molecule has 0 saturated carbocycles. The van der Waals surface area contributed by atoms with E-state index in [1.807, 2.05) is 20.8 Å². The van der Waals surface area contributed by atoms with Gasteiger partial charge >= 0.3 is 5.97 Å². The number of carboxylic acids is 1. The summed E-state index contributed by atoms with van der Waals surface area (Å²) in [5.41, 5.74) is 0.502. The van der Waals surface area contributed by atoms with Gasteiger partial charge in [-0.1, -0.05) is 20.8 Å². The number of carbonyl (C=O) groups is 1. The Morgan fingerprint density at radius 2 is 1.79 bits per heavy atom. The lowest BCUT2D eigenvalue weighted by molar-refractivity contribution is 0.0696. The summed E-state index contributed by atoms with van der Waals surface area (Å²) in [5, 5.41) is 27.3. The minimum absolute atomic E-state index is 0.00583. The van der Waals surface area contributed by atoms with E-state index in [4.69, 9.17) is 5.11 Å². The van der Waals surface area contributed by atoms with Gasteiger partial charge in [-0.15, -0.1) is 4.80 Å². The van der Waals surface area contributed by atoms with Crippen molar-refractivity contribution in [2.45, 2.75) is 26.2 Å². The second-order valence-corrected chi connectivity index (χ2v) is 5.27. The summed E-state index contributed by atoms with van der Waals surface area (Å²) in [5.74, 6) is -1.06. The highest BCUT2D eigenvalue weighted by atomic mass is 16.4. The van der Waals surface area contributed by atoms with Crippen LogP contribution < -0.4 is 0 Å². The molecule has 0 aliphatic rings. The van der Waals surface area contributed by atoms with Crippen LogP contribution in [0.5, 0.6) is 5.75 Å². The SMILES string of the molecule is CC(C)(C)c1cc(C(=O)O)cc(-n2nccn2)c1O. The average molecular weight is 261 g/mol. The van der Waals surface area contributed by atoms with Gasteiger partial charge in [0.15, 0.2) is 0 Å². The maximum absolute atomic E-state index is 11.2. The molecule has 1 aromatic carbocycles. The maximum Gasteiger partial charge on any atom is 0.335 e. The Morgan fingerprint density at radius 1 is 1.21 bits per heavy atom. The van der Waals surface area contributed by atoms with E-state index in [2.05, 4.69) is 10.2 Å². The number of hydrogen-bond acceptors (Lipinski definition) is 4. The van der Waals surface area contributed by atoms with Crippen LogP contribution in [-0.2, 0) is 5.41 Å². The minimum atomic E-state index is -1.06.